The van der Waals surface area contributed by atoms with Gasteiger partial charge in [0.05, 0.1) is 23.5 Å². The highest BCUT2D eigenvalue weighted by Gasteiger charge is 2.50. The van der Waals surface area contributed by atoms with Gasteiger partial charge < -0.3 is 10.4 Å². The van der Waals surface area contributed by atoms with E-state index in [9.17, 15) is 9.90 Å². The molecule has 1 atom stereocenters. The molecule has 1 fully saturated rings. The Hall–Kier alpha value is -1.07. The van der Waals surface area contributed by atoms with Crippen LogP contribution < -0.4 is 5.32 Å². The molecule has 17 heavy (non-hydrogen) atoms. The molecule has 1 aromatic heterocycles. The highest BCUT2D eigenvalue weighted by atomic mass is 35.5. The van der Waals surface area contributed by atoms with Crippen molar-refractivity contribution < 1.29 is 9.90 Å². The second-order valence-electron chi connectivity index (χ2n) is 4.54. The summed E-state index contributed by atoms with van der Waals surface area (Å²) in [5.41, 5.74) is -0.131. The normalized spacial score (nSPS) is 19.0. The van der Waals surface area contributed by atoms with E-state index in [1.807, 2.05) is 6.92 Å². The number of hydrogen-bond acceptors (Lipinski definition) is 3. The number of aliphatic carboxylic acids is 1. The van der Waals surface area contributed by atoms with E-state index < -0.39 is 11.5 Å². The molecular formula is C11H16ClN3O2. The Labute approximate surface area is 105 Å². The third-order valence-corrected chi connectivity index (χ3v) is 3.92. The fourth-order valence-corrected chi connectivity index (χ4v) is 2.30. The number of likely N-dealkylation sites (N-methyl/N-ethyl adjacent to an activating group) is 1. The summed E-state index contributed by atoms with van der Waals surface area (Å²) >= 11 is 5.93. The number of carbonyl (C=O) groups is 1. The van der Waals surface area contributed by atoms with E-state index in [-0.39, 0.29) is 5.92 Å². The average molecular weight is 258 g/mol. The molecule has 2 N–H and O–H groups in total. The molecule has 5 nitrogen and oxygen atoms in total. The predicted molar refractivity (Wildman–Crippen MR) is 64.1 cm³/mol. The van der Waals surface area contributed by atoms with Gasteiger partial charge in [0, 0.05) is 0 Å². The molecule has 0 amide bonds. The maximum Gasteiger partial charge on any atom is 0.326 e. The first-order valence-corrected chi connectivity index (χ1v) is 5.99. The van der Waals surface area contributed by atoms with Crippen LogP contribution in [0.3, 0.4) is 0 Å². The molecule has 1 aliphatic rings. The molecule has 1 aliphatic carbocycles. The molecule has 1 unspecified atom stereocenters. The van der Waals surface area contributed by atoms with Gasteiger partial charge in [-0.05, 0) is 32.7 Å². The first kappa shape index (κ1) is 12.4. The van der Waals surface area contributed by atoms with Gasteiger partial charge in [-0.15, -0.1) is 0 Å². The summed E-state index contributed by atoms with van der Waals surface area (Å²) in [6, 6.07) is 0. The van der Waals surface area contributed by atoms with Crippen molar-refractivity contribution in [1.29, 1.82) is 0 Å². The van der Waals surface area contributed by atoms with Gasteiger partial charge in [0.1, 0.15) is 5.54 Å². The minimum absolute atomic E-state index is 0.173. The fraction of sp³-hybridized carbons (Fsp3) is 0.636. The summed E-state index contributed by atoms with van der Waals surface area (Å²) in [6.07, 6.45) is 3.44. The zero-order chi connectivity index (χ0) is 12.6. The van der Waals surface area contributed by atoms with Crippen molar-refractivity contribution >= 4 is 17.6 Å². The number of carboxylic acid groups (broad SMARTS) is 1. The highest BCUT2D eigenvalue weighted by Crippen LogP contribution is 2.41. The SMILES string of the molecule is CNC(Cn1ncc(Cl)c1C)(C(=O)O)C1CC1. The number of rotatable bonds is 5. The van der Waals surface area contributed by atoms with Crippen molar-refractivity contribution in [3.05, 3.63) is 16.9 Å². The third-order valence-electron chi connectivity index (χ3n) is 3.54. The second kappa shape index (κ2) is 4.31. The van der Waals surface area contributed by atoms with Gasteiger partial charge in [-0.25, -0.2) is 0 Å². The summed E-state index contributed by atoms with van der Waals surface area (Å²) in [7, 11) is 1.69. The van der Waals surface area contributed by atoms with Crippen molar-refractivity contribution in [2.75, 3.05) is 7.05 Å². The first-order chi connectivity index (χ1) is 8.01. The molecule has 1 heterocycles. The molecule has 2 rings (SSSR count). The molecule has 6 heteroatoms. The predicted octanol–water partition coefficient (Wildman–Crippen LogP) is 1.30. The van der Waals surface area contributed by atoms with Crippen LogP contribution in [0.2, 0.25) is 5.02 Å². The second-order valence-corrected chi connectivity index (χ2v) is 4.94. The van der Waals surface area contributed by atoms with Crippen LogP contribution in [0.1, 0.15) is 18.5 Å². The Morgan fingerprint density at radius 2 is 2.41 bits per heavy atom. The summed E-state index contributed by atoms with van der Waals surface area (Å²) in [5, 5.41) is 17.1. The number of halogens is 1. The summed E-state index contributed by atoms with van der Waals surface area (Å²) in [4.78, 5) is 11.5. The summed E-state index contributed by atoms with van der Waals surface area (Å²) < 4.78 is 1.66. The molecule has 0 aromatic carbocycles. The van der Waals surface area contributed by atoms with E-state index in [4.69, 9.17) is 11.6 Å². The minimum Gasteiger partial charge on any atom is -0.480 e. The van der Waals surface area contributed by atoms with Crippen molar-refractivity contribution in [1.82, 2.24) is 15.1 Å². The van der Waals surface area contributed by atoms with Crippen LogP contribution in [-0.2, 0) is 11.3 Å². The topological polar surface area (TPSA) is 67.2 Å². The number of carboxylic acids is 1. The first-order valence-electron chi connectivity index (χ1n) is 5.61. The molecule has 0 saturated heterocycles. The van der Waals surface area contributed by atoms with Gasteiger partial charge in [-0.3, -0.25) is 9.48 Å². The van der Waals surface area contributed by atoms with Gasteiger partial charge in [-0.1, -0.05) is 11.6 Å². The smallest absolute Gasteiger partial charge is 0.326 e. The van der Waals surface area contributed by atoms with Crippen molar-refractivity contribution in [2.24, 2.45) is 5.92 Å². The monoisotopic (exact) mass is 257 g/mol. The minimum atomic E-state index is -0.930. The third kappa shape index (κ3) is 2.05. The molecule has 0 radical (unpaired) electrons. The van der Waals surface area contributed by atoms with E-state index in [1.54, 1.807) is 17.9 Å². The lowest BCUT2D eigenvalue weighted by molar-refractivity contribution is -0.146. The van der Waals surface area contributed by atoms with Gasteiger partial charge in [0.15, 0.2) is 0 Å². The molecule has 1 aromatic rings. The van der Waals surface area contributed by atoms with Crippen molar-refractivity contribution in [3.8, 4) is 0 Å². The summed E-state index contributed by atoms with van der Waals surface area (Å²) in [6.45, 7) is 2.15. The van der Waals surface area contributed by atoms with E-state index in [2.05, 4.69) is 10.4 Å². The van der Waals surface area contributed by atoms with Crippen LogP contribution in [0, 0.1) is 12.8 Å². The fourth-order valence-electron chi connectivity index (χ4n) is 2.16. The number of nitrogens with one attached hydrogen (secondary N) is 1. The molecular weight excluding hydrogens is 242 g/mol. The molecule has 0 spiro atoms. The van der Waals surface area contributed by atoms with E-state index in [1.165, 1.54) is 0 Å². The van der Waals surface area contributed by atoms with E-state index in [0.717, 1.165) is 18.5 Å². The van der Waals surface area contributed by atoms with Crippen LogP contribution in [0.25, 0.3) is 0 Å². The Morgan fingerprint density at radius 1 is 1.76 bits per heavy atom. The lowest BCUT2D eigenvalue weighted by Crippen LogP contribution is -2.55. The maximum atomic E-state index is 11.5. The standard InChI is InChI=1S/C11H16ClN3O2/c1-7-9(12)5-14-15(7)6-11(13-2,10(16)17)8-3-4-8/h5,8,13H,3-4,6H2,1-2H3,(H,16,17). The Kier molecular flexibility index (Phi) is 3.14. The van der Waals surface area contributed by atoms with Crippen molar-refractivity contribution in [3.63, 3.8) is 0 Å². The Morgan fingerprint density at radius 3 is 2.76 bits per heavy atom. The van der Waals surface area contributed by atoms with Crippen LogP contribution in [0.5, 0.6) is 0 Å². The highest BCUT2D eigenvalue weighted by molar-refractivity contribution is 6.31. The van der Waals surface area contributed by atoms with Crippen LogP contribution in [0.15, 0.2) is 6.20 Å². The van der Waals surface area contributed by atoms with Gasteiger partial charge in [0.2, 0.25) is 0 Å². The Balaban J connectivity index is 2.29. The maximum absolute atomic E-state index is 11.5. The van der Waals surface area contributed by atoms with Crippen LogP contribution in [-0.4, -0.2) is 33.4 Å². The average Bonchev–Trinajstić information content (AvgIpc) is 3.08. The Bertz CT molecular complexity index is 442. The number of nitrogens with zero attached hydrogens (tertiary/aromatic N) is 2. The molecule has 1 saturated carbocycles. The van der Waals surface area contributed by atoms with Gasteiger partial charge in [-0.2, -0.15) is 5.10 Å². The molecule has 94 valence electrons. The number of aromatic nitrogens is 2. The zero-order valence-corrected chi connectivity index (χ0v) is 10.7. The lowest BCUT2D eigenvalue weighted by atomic mass is 9.93. The zero-order valence-electron chi connectivity index (χ0n) is 9.90. The number of hydrogen-bond donors (Lipinski definition) is 2. The van der Waals surface area contributed by atoms with Gasteiger partial charge in [0.25, 0.3) is 0 Å². The van der Waals surface area contributed by atoms with Crippen LogP contribution >= 0.6 is 11.6 Å². The largest absolute Gasteiger partial charge is 0.480 e. The van der Waals surface area contributed by atoms with E-state index >= 15 is 0 Å². The van der Waals surface area contributed by atoms with Crippen molar-refractivity contribution in [2.45, 2.75) is 31.8 Å². The van der Waals surface area contributed by atoms with Crippen LogP contribution in [0.4, 0.5) is 0 Å². The lowest BCUT2D eigenvalue weighted by Gasteiger charge is -2.29. The van der Waals surface area contributed by atoms with Gasteiger partial charge >= 0.3 is 5.97 Å². The summed E-state index contributed by atoms with van der Waals surface area (Å²) in [5.74, 6) is -0.652. The quantitative estimate of drug-likeness (QED) is 0.834. The molecule has 0 aliphatic heterocycles. The molecule has 0 bridgehead atoms. The van der Waals surface area contributed by atoms with E-state index in [0.29, 0.717) is 11.6 Å².